The third-order valence-corrected chi connectivity index (χ3v) is 9.67. The lowest BCUT2D eigenvalue weighted by Gasteiger charge is -2.57. The van der Waals surface area contributed by atoms with Crippen molar-refractivity contribution in [3.05, 3.63) is 101 Å². The number of carbonyl (C=O) groups is 1. The molecular weight excluding hydrogens is 518 g/mol. The van der Waals surface area contributed by atoms with Gasteiger partial charge in [0.2, 0.25) is 5.91 Å². The molecule has 2 bridgehead atoms. The third kappa shape index (κ3) is 6.14. The van der Waals surface area contributed by atoms with Crippen molar-refractivity contribution in [2.45, 2.75) is 71.0 Å². The molecule has 42 heavy (non-hydrogen) atoms. The molecule has 0 aliphatic carbocycles. The average molecular weight is 568 g/mol. The van der Waals surface area contributed by atoms with E-state index in [-0.39, 0.29) is 35.3 Å². The first-order valence-corrected chi connectivity index (χ1v) is 15.8. The van der Waals surface area contributed by atoms with Gasteiger partial charge in [-0.25, -0.2) is 0 Å². The number of carbonyl (C=O) groups excluding carboxylic acids is 1. The summed E-state index contributed by atoms with van der Waals surface area (Å²) >= 11 is 0. The Morgan fingerprint density at radius 1 is 0.976 bits per heavy atom. The minimum absolute atomic E-state index is 0.00222. The Morgan fingerprint density at radius 2 is 1.60 bits per heavy atom. The van der Waals surface area contributed by atoms with E-state index in [1.165, 1.54) is 22.3 Å². The highest BCUT2D eigenvalue weighted by molar-refractivity contribution is 5.80. The van der Waals surface area contributed by atoms with E-state index in [9.17, 15) is 4.79 Å². The number of rotatable bonds is 10. The molecule has 3 heterocycles. The number of fused-ring (bicyclic) bond motifs is 3. The summed E-state index contributed by atoms with van der Waals surface area (Å²) in [6.07, 6.45) is 1.03. The first-order valence-electron chi connectivity index (χ1n) is 15.8. The Labute approximate surface area is 253 Å². The lowest BCUT2D eigenvalue weighted by Crippen LogP contribution is -2.69. The number of nitrogens with one attached hydrogen (secondary N) is 1. The summed E-state index contributed by atoms with van der Waals surface area (Å²) in [5, 5.41) is 4.06. The molecule has 0 radical (unpaired) electrons. The smallest absolute Gasteiger partial charge is 0.227 e. The van der Waals surface area contributed by atoms with Gasteiger partial charge in [0.05, 0.1) is 13.0 Å². The Morgan fingerprint density at radius 3 is 2.14 bits per heavy atom. The van der Waals surface area contributed by atoms with Crippen LogP contribution in [0.3, 0.4) is 0 Å². The van der Waals surface area contributed by atoms with Gasteiger partial charge in [-0.15, -0.1) is 0 Å². The predicted octanol–water partition coefficient (Wildman–Crippen LogP) is 6.47. The Kier molecular flexibility index (Phi) is 9.39. The van der Waals surface area contributed by atoms with Crippen molar-refractivity contribution in [1.29, 1.82) is 0 Å². The van der Waals surface area contributed by atoms with Gasteiger partial charge < -0.3 is 15.0 Å². The maximum Gasteiger partial charge on any atom is 0.227 e. The first kappa shape index (κ1) is 30.3. The molecular formula is C37H49N3O2. The number of ether oxygens (including phenoxy) is 1. The van der Waals surface area contributed by atoms with Gasteiger partial charge in [0, 0.05) is 49.7 Å². The van der Waals surface area contributed by atoms with Gasteiger partial charge in [-0.3, -0.25) is 9.69 Å². The van der Waals surface area contributed by atoms with Crippen molar-refractivity contribution in [3.63, 3.8) is 0 Å². The lowest BCUT2D eigenvalue weighted by molar-refractivity contribution is -0.145. The van der Waals surface area contributed by atoms with Gasteiger partial charge in [0.25, 0.3) is 0 Å². The fourth-order valence-electron chi connectivity index (χ4n) is 7.42. The van der Waals surface area contributed by atoms with Crippen LogP contribution in [0.1, 0.15) is 69.2 Å². The summed E-state index contributed by atoms with van der Waals surface area (Å²) in [6, 6.07) is 28.8. The second-order valence-electron chi connectivity index (χ2n) is 13.0. The zero-order valence-electron chi connectivity index (χ0n) is 26.3. The van der Waals surface area contributed by atoms with Crippen LogP contribution in [0.15, 0.2) is 78.9 Å². The average Bonchev–Trinajstić information content (AvgIpc) is 3.01. The molecule has 5 heteroatoms. The number of amides is 1. The van der Waals surface area contributed by atoms with Crippen molar-refractivity contribution in [3.8, 4) is 5.75 Å². The fraction of sp³-hybridized carbons (Fsp3) is 0.486. The largest absolute Gasteiger partial charge is 0.496 e. The zero-order chi connectivity index (χ0) is 29.9. The first-order chi connectivity index (χ1) is 20.3. The van der Waals surface area contributed by atoms with Crippen molar-refractivity contribution in [1.82, 2.24) is 15.1 Å². The van der Waals surface area contributed by atoms with Crippen molar-refractivity contribution in [2.24, 2.45) is 11.8 Å². The number of hydrogen-bond donors (Lipinski definition) is 1. The van der Waals surface area contributed by atoms with Gasteiger partial charge in [0.1, 0.15) is 5.75 Å². The van der Waals surface area contributed by atoms with Crippen LogP contribution in [0.5, 0.6) is 5.75 Å². The monoisotopic (exact) mass is 567 g/mol. The highest BCUT2D eigenvalue weighted by Crippen LogP contribution is 2.45. The molecule has 3 aromatic carbocycles. The SMILES string of the molecule is CCN(CC)C(=O)C1CN2CCC1C(NCc1cc(C(C)(C)C)ccc1OC)C2C(c1ccccc1)c1ccccc1. The van der Waals surface area contributed by atoms with Crippen molar-refractivity contribution >= 4 is 5.91 Å². The highest BCUT2D eigenvalue weighted by atomic mass is 16.5. The lowest BCUT2D eigenvalue weighted by atomic mass is 9.66. The predicted molar refractivity (Wildman–Crippen MR) is 172 cm³/mol. The molecule has 224 valence electrons. The minimum atomic E-state index is 0.00222. The molecule has 5 unspecified atom stereocenters. The molecule has 3 fully saturated rings. The summed E-state index contributed by atoms with van der Waals surface area (Å²) in [6.45, 7) is 15.0. The van der Waals surface area contributed by atoms with Crippen LogP contribution in [-0.4, -0.2) is 61.1 Å². The summed E-state index contributed by atoms with van der Waals surface area (Å²) < 4.78 is 5.84. The van der Waals surface area contributed by atoms with E-state index in [1.807, 2.05) is 4.90 Å². The molecule has 1 N–H and O–H groups in total. The molecule has 3 aliphatic rings. The maximum atomic E-state index is 13.9. The fourth-order valence-corrected chi connectivity index (χ4v) is 7.42. The molecule has 3 saturated heterocycles. The number of methoxy groups -OCH3 is 1. The normalized spacial score (nSPS) is 23.6. The van der Waals surface area contributed by atoms with Gasteiger partial charge in [0.15, 0.2) is 0 Å². The van der Waals surface area contributed by atoms with Gasteiger partial charge in [-0.1, -0.05) is 93.6 Å². The van der Waals surface area contributed by atoms with E-state index in [1.54, 1.807) is 7.11 Å². The summed E-state index contributed by atoms with van der Waals surface area (Å²) in [4.78, 5) is 18.5. The van der Waals surface area contributed by atoms with E-state index in [4.69, 9.17) is 4.74 Å². The van der Waals surface area contributed by atoms with Gasteiger partial charge in [-0.2, -0.15) is 0 Å². The van der Waals surface area contributed by atoms with E-state index in [0.717, 1.165) is 38.3 Å². The van der Waals surface area contributed by atoms with Crippen LogP contribution in [0, 0.1) is 11.8 Å². The number of piperidine rings is 3. The molecule has 0 aromatic heterocycles. The van der Waals surface area contributed by atoms with Crippen molar-refractivity contribution < 1.29 is 9.53 Å². The topological polar surface area (TPSA) is 44.8 Å². The van der Waals surface area contributed by atoms with Crippen LogP contribution in [-0.2, 0) is 16.8 Å². The summed E-state index contributed by atoms with van der Waals surface area (Å²) in [5.74, 6) is 1.68. The second-order valence-corrected chi connectivity index (χ2v) is 13.0. The molecule has 0 saturated carbocycles. The van der Waals surface area contributed by atoms with E-state index >= 15 is 0 Å². The standard InChI is InChI=1S/C37H49N3O2/c1-7-39(8-2)36(41)31-25-40-22-21-30(31)34(38-24-28-23-29(37(3,4)5)19-20-32(28)42-6)35(40)33(26-15-11-9-12-16-26)27-17-13-10-14-18-27/h9-20,23,30-31,33-35,38H,7-8,21-22,24-25H2,1-6H3. The quantitative estimate of drug-likeness (QED) is 0.305. The number of hydrogen-bond acceptors (Lipinski definition) is 4. The summed E-state index contributed by atoms with van der Waals surface area (Å²) in [7, 11) is 1.76. The molecule has 5 nitrogen and oxygen atoms in total. The Hall–Kier alpha value is -3.15. The molecule has 3 aliphatic heterocycles. The Bertz CT molecular complexity index is 1280. The molecule has 1 amide bonds. The van der Waals surface area contributed by atoms with Crippen LogP contribution in [0.4, 0.5) is 0 Å². The van der Waals surface area contributed by atoms with E-state index in [2.05, 4.69) is 124 Å². The Balaban J connectivity index is 1.56. The van der Waals surface area contributed by atoms with E-state index in [0.29, 0.717) is 12.5 Å². The zero-order valence-corrected chi connectivity index (χ0v) is 26.3. The minimum Gasteiger partial charge on any atom is -0.496 e. The van der Waals surface area contributed by atoms with Gasteiger partial charge >= 0.3 is 0 Å². The van der Waals surface area contributed by atoms with E-state index < -0.39 is 0 Å². The van der Waals surface area contributed by atoms with Crippen LogP contribution < -0.4 is 10.1 Å². The van der Waals surface area contributed by atoms with Crippen LogP contribution in [0.25, 0.3) is 0 Å². The third-order valence-electron chi connectivity index (χ3n) is 9.67. The maximum absolute atomic E-state index is 13.9. The molecule has 3 aromatic rings. The number of benzene rings is 3. The second kappa shape index (κ2) is 13.0. The van der Waals surface area contributed by atoms with Gasteiger partial charge in [-0.05, 0) is 60.9 Å². The van der Waals surface area contributed by atoms with Crippen molar-refractivity contribution in [2.75, 3.05) is 33.3 Å². The molecule has 5 atom stereocenters. The molecule has 6 rings (SSSR count). The summed E-state index contributed by atoms with van der Waals surface area (Å²) in [5.41, 5.74) is 5.17. The van der Waals surface area contributed by atoms with Crippen LogP contribution in [0.2, 0.25) is 0 Å². The highest BCUT2D eigenvalue weighted by Gasteiger charge is 2.52. The van der Waals surface area contributed by atoms with Crippen LogP contribution >= 0.6 is 0 Å². The molecule has 0 spiro atoms. The number of nitrogens with zero attached hydrogens (tertiary/aromatic N) is 2.